The van der Waals surface area contributed by atoms with Gasteiger partial charge in [0.25, 0.3) is 0 Å². The topological polar surface area (TPSA) is 50.3 Å². The van der Waals surface area contributed by atoms with E-state index < -0.39 is 11.7 Å². The molecule has 34 heavy (non-hydrogen) atoms. The summed E-state index contributed by atoms with van der Waals surface area (Å²) in [6.07, 6.45) is 1.09. The molecule has 0 radical (unpaired) electrons. The molecule has 3 fully saturated rings. The smallest absolute Gasteiger partial charge is 0.377 e. The molecule has 4 atom stereocenters. The van der Waals surface area contributed by atoms with Crippen LogP contribution in [0, 0.1) is 25.7 Å². The van der Waals surface area contributed by atoms with E-state index in [2.05, 4.69) is 20.4 Å². The fourth-order valence-electron chi connectivity index (χ4n) is 5.95. The highest BCUT2D eigenvalue weighted by Crippen LogP contribution is 2.41. The standard InChI is InChI=1S/C26H33F3N4O/c1-16-6-7-17(2)22(9-16)24-12-23(26(27,28)29)25(32-31-24)30-20-10-18-13-33(14-19(18)11-20)15-21-5-3-4-8-34-21/h6-7,9,12,18-21H,3-5,8,10-11,13-15H2,1-2H3,(H,30,32)/t18-,19+,20?,21-/m1/s1. The van der Waals surface area contributed by atoms with Crippen LogP contribution in [0.1, 0.15) is 48.8 Å². The number of nitrogens with one attached hydrogen (secondary N) is 1. The van der Waals surface area contributed by atoms with Crippen molar-refractivity contribution in [2.75, 3.05) is 31.6 Å². The molecule has 0 spiro atoms. The van der Waals surface area contributed by atoms with Crippen molar-refractivity contribution >= 4 is 5.82 Å². The lowest BCUT2D eigenvalue weighted by atomic mass is 10.0. The summed E-state index contributed by atoms with van der Waals surface area (Å²) in [5.74, 6) is 0.870. The van der Waals surface area contributed by atoms with Crippen LogP contribution in [-0.2, 0) is 10.9 Å². The summed E-state index contributed by atoms with van der Waals surface area (Å²) in [6.45, 7) is 7.64. The van der Waals surface area contributed by atoms with Gasteiger partial charge in [0.2, 0.25) is 0 Å². The van der Waals surface area contributed by atoms with Gasteiger partial charge in [0, 0.05) is 37.8 Å². The summed E-state index contributed by atoms with van der Waals surface area (Å²) < 4.78 is 47.8. The van der Waals surface area contributed by atoms with Crippen molar-refractivity contribution in [1.29, 1.82) is 0 Å². The van der Waals surface area contributed by atoms with Crippen LogP contribution >= 0.6 is 0 Å². The number of ether oxygens (including phenoxy) is 1. The molecular weight excluding hydrogens is 441 g/mol. The van der Waals surface area contributed by atoms with Crippen molar-refractivity contribution in [3.05, 3.63) is 41.0 Å². The summed E-state index contributed by atoms with van der Waals surface area (Å²) >= 11 is 0. The molecule has 5 nitrogen and oxygen atoms in total. The summed E-state index contributed by atoms with van der Waals surface area (Å²) in [5, 5.41) is 11.3. The molecule has 1 aliphatic carbocycles. The predicted octanol–water partition coefficient (Wildman–Crippen LogP) is 5.47. The van der Waals surface area contributed by atoms with E-state index in [9.17, 15) is 13.2 Å². The molecule has 1 unspecified atom stereocenters. The van der Waals surface area contributed by atoms with Gasteiger partial charge in [-0.3, -0.25) is 0 Å². The lowest BCUT2D eigenvalue weighted by Crippen LogP contribution is -2.35. The molecule has 3 heterocycles. The van der Waals surface area contributed by atoms with Gasteiger partial charge in [-0.25, -0.2) is 0 Å². The van der Waals surface area contributed by atoms with Gasteiger partial charge in [-0.1, -0.05) is 17.7 Å². The van der Waals surface area contributed by atoms with E-state index in [0.717, 1.165) is 69.1 Å². The Hall–Kier alpha value is -2.19. The quantitative estimate of drug-likeness (QED) is 0.623. The molecule has 2 saturated heterocycles. The van der Waals surface area contributed by atoms with E-state index in [-0.39, 0.29) is 17.6 Å². The van der Waals surface area contributed by atoms with Gasteiger partial charge in [0.15, 0.2) is 5.82 Å². The number of alkyl halides is 3. The van der Waals surface area contributed by atoms with Crippen molar-refractivity contribution in [2.45, 2.75) is 64.3 Å². The van der Waals surface area contributed by atoms with Crippen LogP contribution in [0.3, 0.4) is 0 Å². The lowest BCUT2D eigenvalue weighted by molar-refractivity contribution is -0.137. The predicted molar refractivity (Wildman–Crippen MR) is 126 cm³/mol. The Balaban J connectivity index is 1.26. The molecule has 2 aromatic rings. The summed E-state index contributed by atoms with van der Waals surface area (Å²) in [4.78, 5) is 2.49. The number of halogens is 3. The van der Waals surface area contributed by atoms with Gasteiger partial charge in [-0.15, -0.1) is 10.2 Å². The molecule has 1 N–H and O–H groups in total. The monoisotopic (exact) mass is 474 g/mol. The number of aromatic nitrogens is 2. The van der Waals surface area contributed by atoms with Gasteiger partial charge < -0.3 is 15.0 Å². The minimum absolute atomic E-state index is 0.00923. The Morgan fingerprint density at radius 3 is 2.50 bits per heavy atom. The van der Waals surface area contributed by atoms with Crippen LogP contribution in [0.5, 0.6) is 0 Å². The molecule has 184 valence electrons. The van der Waals surface area contributed by atoms with Gasteiger partial charge in [0.1, 0.15) is 5.56 Å². The summed E-state index contributed by atoms with van der Waals surface area (Å²) in [5.41, 5.74) is 2.04. The number of likely N-dealkylation sites (tertiary alicyclic amines) is 1. The molecule has 1 saturated carbocycles. The Morgan fingerprint density at radius 2 is 1.82 bits per heavy atom. The Morgan fingerprint density at radius 1 is 1.06 bits per heavy atom. The molecule has 0 amide bonds. The van der Waals surface area contributed by atoms with Crippen molar-refractivity contribution in [2.24, 2.45) is 11.8 Å². The molecule has 1 aromatic heterocycles. The average Bonchev–Trinajstić information content (AvgIpc) is 3.33. The van der Waals surface area contributed by atoms with Crippen LogP contribution in [0.4, 0.5) is 19.0 Å². The van der Waals surface area contributed by atoms with Crippen LogP contribution < -0.4 is 5.32 Å². The normalized spacial score (nSPS) is 27.7. The largest absolute Gasteiger partial charge is 0.420 e. The summed E-state index contributed by atoms with van der Waals surface area (Å²) in [6, 6.07) is 6.82. The number of benzene rings is 1. The minimum Gasteiger partial charge on any atom is -0.377 e. The molecular formula is C26H33F3N4O. The second-order valence-corrected chi connectivity index (χ2v) is 10.3. The summed E-state index contributed by atoms with van der Waals surface area (Å²) in [7, 11) is 0. The highest BCUT2D eigenvalue weighted by Gasteiger charge is 2.43. The van der Waals surface area contributed by atoms with Crippen molar-refractivity contribution in [3.8, 4) is 11.3 Å². The second-order valence-electron chi connectivity index (χ2n) is 10.3. The fraction of sp³-hybridized carbons (Fsp3) is 0.615. The van der Waals surface area contributed by atoms with Crippen molar-refractivity contribution < 1.29 is 17.9 Å². The number of aryl methyl sites for hydroxylation is 2. The molecule has 0 bridgehead atoms. The van der Waals surface area contributed by atoms with Gasteiger partial charge >= 0.3 is 6.18 Å². The maximum atomic E-state index is 14.0. The number of rotatable bonds is 5. The number of hydrogen-bond donors (Lipinski definition) is 1. The van der Waals surface area contributed by atoms with Crippen LogP contribution in [0.2, 0.25) is 0 Å². The Bertz CT molecular complexity index is 1010. The van der Waals surface area contributed by atoms with E-state index in [4.69, 9.17) is 4.74 Å². The third-order valence-corrected chi connectivity index (χ3v) is 7.67. The Labute approximate surface area is 199 Å². The SMILES string of the molecule is Cc1ccc(C)c(-c2cc(C(F)(F)F)c(NC3C[C@@H]4CN(C[C@H]5CCCCO5)C[C@@H]4C3)nn2)c1. The third-order valence-electron chi connectivity index (χ3n) is 7.67. The van der Waals surface area contributed by atoms with Crippen molar-refractivity contribution in [1.82, 2.24) is 15.1 Å². The molecule has 8 heteroatoms. The molecule has 3 aliphatic rings. The zero-order valence-corrected chi connectivity index (χ0v) is 19.9. The first-order chi connectivity index (χ1) is 16.3. The van der Waals surface area contributed by atoms with Crippen LogP contribution in [0.25, 0.3) is 11.3 Å². The van der Waals surface area contributed by atoms with E-state index in [1.54, 1.807) is 0 Å². The van der Waals surface area contributed by atoms with Gasteiger partial charge in [0.05, 0.1) is 11.8 Å². The van der Waals surface area contributed by atoms with E-state index in [1.807, 2.05) is 32.0 Å². The highest BCUT2D eigenvalue weighted by molar-refractivity contribution is 5.66. The molecule has 5 rings (SSSR count). The highest BCUT2D eigenvalue weighted by atomic mass is 19.4. The first-order valence-electron chi connectivity index (χ1n) is 12.4. The number of hydrogen-bond acceptors (Lipinski definition) is 5. The first kappa shape index (κ1) is 23.5. The Kier molecular flexibility index (Phi) is 6.55. The minimum atomic E-state index is -4.50. The number of nitrogens with zero attached hydrogens (tertiary/aromatic N) is 3. The molecule has 2 aliphatic heterocycles. The maximum Gasteiger partial charge on any atom is 0.420 e. The second kappa shape index (κ2) is 9.46. The van der Waals surface area contributed by atoms with E-state index in [0.29, 0.717) is 23.5 Å². The average molecular weight is 475 g/mol. The van der Waals surface area contributed by atoms with Crippen LogP contribution in [0.15, 0.2) is 24.3 Å². The first-order valence-corrected chi connectivity index (χ1v) is 12.4. The number of anilines is 1. The lowest BCUT2D eigenvalue weighted by Gasteiger charge is -2.28. The zero-order valence-electron chi connectivity index (χ0n) is 19.9. The third kappa shape index (κ3) is 5.08. The molecule has 1 aromatic carbocycles. The zero-order chi connectivity index (χ0) is 23.9. The van der Waals surface area contributed by atoms with E-state index in [1.165, 1.54) is 6.42 Å². The fourth-order valence-corrected chi connectivity index (χ4v) is 5.95. The van der Waals surface area contributed by atoms with Gasteiger partial charge in [-0.05, 0) is 75.5 Å². The number of fused-ring (bicyclic) bond motifs is 1. The van der Waals surface area contributed by atoms with Crippen LogP contribution in [-0.4, -0.2) is 53.5 Å². The van der Waals surface area contributed by atoms with Crippen molar-refractivity contribution in [3.63, 3.8) is 0 Å². The van der Waals surface area contributed by atoms with E-state index >= 15 is 0 Å². The van der Waals surface area contributed by atoms with Gasteiger partial charge in [-0.2, -0.15) is 13.2 Å². The maximum absolute atomic E-state index is 14.0.